The molecule has 0 unspecified atom stereocenters. The van der Waals surface area contributed by atoms with Crippen LogP contribution in [-0.2, 0) is 23.8 Å². The number of hydrogen-bond acceptors (Lipinski definition) is 11. The maximum atomic E-state index is 13.0. The number of carbonyl (C=O) groups is 2. The van der Waals surface area contributed by atoms with E-state index < -0.39 is 82.8 Å². The Morgan fingerprint density at radius 3 is 2.42 bits per heavy atom. The van der Waals surface area contributed by atoms with Gasteiger partial charge in [-0.2, -0.15) is 0 Å². The molecule has 2 aliphatic heterocycles. The van der Waals surface area contributed by atoms with Crippen LogP contribution in [0.5, 0.6) is 0 Å². The zero-order chi connectivity index (χ0) is 28.8. The van der Waals surface area contributed by atoms with Gasteiger partial charge in [0.25, 0.3) is 0 Å². The Balaban J connectivity index is 1.25. The van der Waals surface area contributed by atoms with Crippen molar-refractivity contribution >= 4 is 12.3 Å². The molecule has 0 bridgehead atoms. The lowest BCUT2D eigenvalue weighted by Gasteiger charge is -2.66. The lowest BCUT2D eigenvalue weighted by atomic mass is 9.41. The highest BCUT2D eigenvalue weighted by Gasteiger charge is 2.73. The third kappa shape index (κ3) is 3.78. The van der Waals surface area contributed by atoms with Crippen LogP contribution in [0.1, 0.15) is 65.2 Å². The highest BCUT2D eigenvalue weighted by Crippen LogP contribution is 2.70. The first kappa shape index (κ1) is 28.7. The van der Waals surface area contributed by atoms with Crippen molar-refractivity contribution in [2.75, 3.05) is 6.61 Å². The van der Waals surface area contributed by atoms with Crippen LogP contribution in [0.25, 0.3) is 0 Å². The largest absolute Gasteiger partial charge is 0.458 e. The summed E-state index contributed by atoms with van der Waals surface area (Å²) in [4.78, 5) is 24.8. The number of aldehydes is 1. The average molecular weight is 567 g/mol. The molecule has 40 heavy (non-hydrogen) atoms. The van der Waals surface area contributed by atoms with Crippen LogP contribution in [0.2, 0.25) is 0 Å². The van der Waals surface area contributed by atoms with Crippen molar-refractivity contribution in [1.82, 2.24) is 0 Å². The van der Waals surface area contributed by atoms with E-state index in [4.69, 9.17) is 14.2 Å². The second-order valence-corrected chi connectivity index (χ2v) is 13.6. The molecule has 11 nitrogen and oxygen atoms in total. The number of fused-ring (bicyclic) bond motifs is 5. The van der Waals surface area contributed by atoms with Gasteiger partial charge >= 0.3 is 5.97 Å². The van der Waals surface area contributed by atoms with Crippen LogP contribution in [0.15, 0.2) is 11.6 Å². The Morgan fingerprint density at radius 2 is 1.75 bits per heavy atom. The number of esters is 1. The number of cyclic esters (lactones) is 1. The minimum Gasteiger partial charge on any atom is -0.458 e. The van der Waals surface area contributed by atoms with E-state index in [1.165, 1.54) is 6.08 Å². The SMILES string of the molecule is C[C@@H]1O[C@@H](O[C@H]2CC[C@]3(C=O)[C@H]4[C@H](O)C[C@]5(C)[C@@H](C6=CC(=O)OC6)CC[C@]5(O)[C@@H]4CC[C@]3(O)C2)[C@@H](O)[C@H](O)[C@H]1O. The van der Waals surface area contributed by atoms with Crippen LogP contribution in [0.4, 0.5) is 0 Å². The van der Waals surface area contributed by atoms with Gasteiger partial charge in [-0.25, -0.2) is 4.79 Å². The summed E-state index contributed by atoms with van der Waals surface area (Å²) in [5.74, 6) is -1.61. The molecular weight excluding hydrogens is 524 g/mol. The fraction of sp³-hybridized carbons (Fsp3) is 0.862. The molecule has 4 saturated carbocycles. The average Bonchev–Trinajstić information content (AvgIpc) is 3.45. The van der Waals surface area contributed by atoms with E-state index in [9.17, 15) is 40.2 Å². The molecular formula is C29H42O11. The number of carbonyl (C=O) groups excluding carboxylic acids is 2. The standard InChI is InChI=1S/C29H42O11/c1-14-22(33)23(34)24(35)25(39-14)40-16-3-6-27(13-30)21-18(4-7-28(27,36)10-16)29(37)8-5-17(15-9-20(32)38-12-15)26(29,2)11-19(21)31/h9,13-14,16-19,21-25,31,33-37H,3-8,10-12H2,1-2H3/t14-,16-,17+,18+,19+,21+,22-,23+,24-,25-,26+,27-,28-,29-/m0/s1. The fourth-order valence-corrected chi connectivity index (χ4v) is 9.82. The van der Waals surface area contributed by atoms with Gasteiger partial charge in [-0.15, -0.1) is 0 Å². The van der Waals surface area contributed by atoms with Gasteiger partial charge in [0.2, 0.25) is 0 Å². The molecule has 2 heterocycles. The zero-order valence-corrected chi connectivity index (χ0v) is 23.0. The summed E-state index contributed by atoms with van der Waals surface area (Å²) >= 11 is 0. The highest BCUT2D eigenvalue weighted by atomic mass is 16.7. The third-order valence-corrected chi connectivity index (χ3v) is 11.9. The molecule has 0 aromatic carbocycles. The highest BCUT2D eigenvalue weighted by molar-refractivity contribution is 5.85. The van der Waals surface area contributed by atoms with E-state index >= 15 is 0 Å². The summed E-state index contributed by atoms with van der Waals surface area (Å²) in [6.07, 6.45) is -2.87. The summed E-state index contributed by atoms with van der Waals surface area (Å²) in [6.45, 7) is 3.72. The molecule has 14 atom stereocenters. The van der Waals surface area contributed by atoms with Gasteiger partial charge in [-0.3, -0.25) is 0 Å². The van der Waals surface area contributed by atoms with Gasteiger partial charge in [0.05, 0.1) is 34.9 Å². The number of aliphatic hydroxyl groups is 6. The van der Waals surface area contributed by atoms with Crippen molar-refractivity contribution in [3.8, 4) is 0 Å². The summed E-state index contributed by atoms with van der Waals surface area (Å²) in [6, 6.07) is 0. The Labute approximate surface area is 233 Å². The summed E-state index contributed by atoms with van der Waals surface area (Å²) in [5.41, 5.74) is -3.89. The summed E-state index contributed by atoms with van der Waals surface area (Å²) in [5, 5.41) is 66.7. The first-order valence-electron chi connectivity index (χ1n) is 14.6. The number of ether oxygens (including phenoxy) is 3. The van der Waals surface area contributed by atoms with Crippen molar-refractivity contribution in [3.63, 3.8) is 0 Å². The number of rotatable bonds is 4. The second-order valence-electron chi connectivity index (χ2n) is 13.6. The molecule has 6 rings (SSSR count). The fourth-order valence-electron chi connectivity index (χ4n) is 9.82. The Morgan fingerprint density at radius 1 is 1.00 bits per heavy atom. The predicted octanol–water partition coefficient (Wildman–Crippen LogP) is -0.279. The molecule has 11 heteroatoms. The van der Waals surface area contributed by atoms with Crippen molar-refractivity contribution in [2.24, 2.45) is 28.6 Å². The van der Waals surface area contributed by atoms with E-state index in [0.29, 0.717) is 25.7 Å². The molecule has 6 aliphatic rings. The maximum Gasteiger partial charge on any atom is 0.331 e. The van der Waals surface area contributed by atoms with E-state index in [2.05, 4.69) is 0 Å². The van der Waals surface area contributed by atoms with Gasteiger partial charge in [-0.05, 0) is 69.3 Å². The smallest absolute Gasteiger partial charge is 0.331 e. The second kappa shape index (κ2) is 9.54. The first-order chi connectivity index (χ1) is 18.8. The molecule has 4 aliphatic carbocycles. The van der Waals surface area contributed by atoms with Crippen LogP contribution in [-0.4, -0.2) is 104 Å². The quantitative estimate of drug-likeness (QED) is 0.149. The molecule has 224 valence electrons. The minimum absolute atomic E-state index is 0.0615. The molecule has 5 fully saturated rings. The van der Waals surface area contributed by atoms with Crippen molar-refractivity contribution < 1.29 is 54.4 Å². The van der Waals surface area contributed by atoms with Crippen LogP contribution in [0, 0.1) is 28.6 Å². The van der Waals surface area contributed by atoms with E-state index in [1.807, 2.05) is 6.92 Å². The zero-order valence-electron chi connectivity index (χ0n) is 23.0. The molecule has 0 radical (unpaired) electrons. The van der Waals surface area contributed by atoms with Crippen LogP contribution >= 0.6 is 0 Å². The lowest BCUT2D eigenvalue weighted by molar-refractivity contribution is -0.320. The Hall–Kier alpha value is -1.44. The van der Waals surface area contributed by atoms with Crippen molar-refractivity contribution in [2.45, 2.75) is 119 Å². The van der Waals surface area contributed by atoms with Gasteiger partial charge < -0.3 is 49.6 Å². The molecule has 0 spiro atoms. The molecule has 0 aromatic rings. The summed E-state index contributed by atoms with van der Waals surface area (Å²) in [7, 11) is 0. The first-order valence-corrected chi connectivity index (χ1v) is 14.6. The minimum atomic E-state index is -1.51. The van der Waals surface area contributed by atoms with Crippen molar-refractivity contribution in [3.05, 3.63) is 11.6 Å². The van der Waals surface area contributed by atoms with Gasteiger partial charge in [-0.1, -0.05) is 6.92 Å². The topological polar surface area (TPSA) is 183 Å². The van der Waals surface area contributed by atoms with Crippen molar-refractivity contribution in [1.29, 1.82) is 0 Å². The van der Waals surface area contributed by atoms with E-state index in [0.717, 1.165) is 11.9 Å². The maximum absolute atomic E-state index is 13.0. The monoisotopic (exact) mass is 566 g/mol. The van der Waals surface area contributed by atoms with Crippen LogP contribution in [0.3, 0.4) is 0 Å². The van der Waals surface area contributed by atoms with Gasteiger partial charge in [0.1, 0.15) is 31.2 Å². The lowest BCUT2D eigenvalue weighted by Crippen LogP contribution is -2.72. The Bertz CT molecular complexity index is 1080. The normalized spacial score (nSPS) is 56.0. The third-order valence-electron chi connectivity index (χ3n) is 11.9. The van der Waals surface area contributed by atoms with Gasteiger partial charge in [0.15, 0.2) is 6.29 Å². The van der Waals surface area contributed by atoms with Gasteiger partial charge in [0, 0.05) is 23.8 Å². The summed E-state index contributed by atoms with van der Waals surface area (Å²) < 4.78 is 16.8. The predicted molar refractivity (Wildman–Crippen MR) is 136 cm³/mol. The molecule has 0 aromatic heterocycles. The Kier molecular flexibility index (Phi) is 6.83. The number of hydrogen-bond donors (Lipinski definition) is 6. The molecule has 0 amide bonds. The van der Waals surface area contributed by atoms with E-state index in [1.54, 1.807) is 6.92 Å². The molecule has 1 saturated heterocycles. The van der Waals surface area contributed by atoms with E-state index in [-0.39, 0.29) is 38.2 Å². The number of aliphatic hydroxyl groups excluding tert-OH is 4. The van der Waals surface area contributed by atoms with Crippen LogP contribution < -0.4 is 0 Å². The molecule has 6 N–H and O–H groups in total.